The summed E-state index contributed by atoms with van der Waals surface area (Å²) in [4.78, 5) is 0. The third-order valence-corrected chi connectivity index (χ3v) is 4.81. The Morgan fingerprint density at radius 1 is 1.12 bits per heavy atom. The maximum atomic E-state index is 2.57. The smallest absolute Gasteiger partial charge is 0.0295 e. The van der Waals surface area contributed by atoms with Crippen LogP contribution >= 0.6 is 0 Å². The topological polar surface area (TPSA) is 0 Å². The van der Waals surface area contributed by atoms with E-state index >= 15 is 0 Å². The molecule has 0 nitrogen and oxygen atoms in total. The van der Waals surface area contributed by atoms with Gasteiger partial charge < -0.3 is 0 Å². The summed E-state index contributed by atoms with van der Waals surface area (Å²) in [7, 11) is 0. The van der Waals surface area contributed by atoms with Crippen molar-refractivity contribution in [2.45, 2.75) is 85.5 Å². The molecule has 1 fully saturated rings. The minimum atomic E-state index is 0.667. The average Bonchev–Trinajstić information content (AvgIpc) is 2.25. The van der Waals surface area contributed by atoms with Gasteiger partial charge in [-0.05, 0) is 36.5 Å². The predicted octanol–water partition coefficient (Wildman–Crippen LogP) is 5.81. The van der Waals surface area contributed by atoms with Crippen LogP contribution < -0.4 is 0 Å². The highest BCUT2D eigenvalue weighted by Crippen LogP contribution is 2.47. The highest BCUT2D eigenvalue weighted by molar-refractivity contribution is 4.87. The molecule has 0 heteroatoms. The molecule has 0 aromatic heterocycles. The summed E-state index contributed by atoms with van der Waals surface area (Å²) < 4.78 is 0. The van der Waals surface area contributed by atoms with E-state index in [0.29, 0.717) is 5.41 Å². The summed E-state index contributed by atoms with van der Waals surface area (Å²) in [6.07, 6.45) is 13.1. The zero-order chi connectivity index (χ0) is 12.0. The number of unbranched alkanes of at least 4 members (excludes halogenated alkanes) is 3. The summed E-state index contributed by atoms with van der Waals surface area (Å²) in [5.74, 6) is 1.87. The van der Waals surface area contributed by atoms with Crippen LogP contribution in [0, 0.1) is 17.3 Å². The van der Waals surface area contributed by atoms with Crippen molar-refractivity contribution >= 4 is 0 Å². The molecule has 16 heavy (non-hydrogen) atoms. The van der Waals surface area contributed by atoms with E-state index in [1.165, 1.54) is 57.8 Å². The van der Waals surface area contributed by atoms with Crippen LogP contribution in [0.2, 0.25) is 0 Å². The van der Waals surface area contributed by atoms with E-state index in [2.05, 4.69) is 27.7 Å². The van der Waals surface area contributed by atoms with Crippen LogP contribution in [-0.4, -0.2) is 0 Å². The van der Waals surface area contributed by atoms with Gasteiger partial charge in [0.15, 0.2) is 0 Å². The van der Waals surface area contributed by atoms with Gasteiger partial charge in [0.05, 0.1) is 0 Å². The lowest BCUT2D eigenvalue weighted by atomic mass is 9.61. The molecule has 0 radical (unpaired) electrons. The van der Waals surface area contributed by atoms with Crippen molar-refractivity contribution in [3.8, 4) is 0 Å². The molecule has 0 spiro atoms. The zero-order valence-corrected chi connectivity index (χ0v) is 12.0. The SMILES string of the molecule is CCCCCCC1(C)CCCCC1C(C)C. The first-order chi connectivity index (χ1) is 7.60. The molecular formula is C16H32. The lowest BCUT2D eigenvalue weighted by molar-refractivity contribution is 0.0643. The lowest BCUT2D eigenvalue weighted by Gasteiger charge is -2.44. The Balaban J connectivity index is 2.43. The first-order valence-electron chi connectivity index (χ1n) is 7.60. The fourth-order valence-corrected chi connectivity index (χ4v) is 3.83. The second kappa shape index (κ2) is 6.67. The summed E-state index contributed by atoms with van der Waals surface area (Å²) in [6, 6.07) is 0. The van der Waals surface area contributed by atoms with E-state index in [4.69, 9.17) is 0 Å². The summed E-state index contributed by atoms with van der Waals surface area (Å²) in [5.41, 5.74) is 0.667. The fraction of sp³-hybridized carbons (Fsp3) is 1.00. The molecule has 0 heterocycles. The van der Waals surface area contributed by atoms with Crippen LogP contribution in [0.1, 0.15) is 85.5 Å². The summed E-state index contributed by atoms with van der Waals surface area (Å²) >= 11 is 0. The molecule has 1 saturated carbocycles. The molecule has 2 unspecified atom stereocenters. The molecule has 0 amide bonds. The quantitative estimate of drug-likeness (QED) is 0.499. The Morgan fingerprint density at radius 3 is 2.50 bits per heavy atom. The van der Waals surface area contributed by atoms with Crippen LogP contribution in [0.3, 0.4) is 0 Å². The molecular weight excluding hydrogens is 192 g/mol. The van der Waals surface area contributed by atoms with Gasteiger partial charge in [0, 0.05) is 0 Å². The molecule has 0 aromatic rings. The van der Waals surface area contributed by atoms with Crippen molar-refractivity contribution in [2.75, 3.05) is 0 Å². The normalized spacial score (nSPS) is 30.9. The first-order valence-corrected chi connectivity index (χ1v) is 7.60. The maximum absolute atomic E-state index is 2.57. The van der Waals surface area contributed by atoms with Crippen molar-refractivity contribution < 1.29 is 0 Å². The molecule has 96 valence electrons. The van der Waals surface area contributed by atoms with E-state index in [9.17, 15) is 0 Å². The minimum absolute atomic E-state index is 0.667. The Morgan fingerprint density at radius 2 is 1.88 bits per heavy atom. The van der Waals surface area contributed by atoms with Crippen LogP contribution in [0.4, 0.5) is 0 Å². The zero-order valence-electron chi connectivity index (χ0n) is 12.0. The standard InChI is InChI=1S/C16H32/c1-5-6-7-9-12-16(4)13-10-8-11-15(16)14(2)3/h14-15H,5-13H2,1-4H3. The Kier molecular flexibility index (Phi) is 5.86. The Bertz CT molecular complexity index is 182. The Hall–Kier alpha value is 0. The molecule has 1 aliphatic carbocycles. The van der Waals surface area contributed by atoms with Gasteiger partial charge in [-0.25, -0.2) is 0 Å². The molecule has 0 aliphatic heterocycles. The van der Waals surface area contributed by atoms with Crippen molar-refractivity contribution in [3.63, 3.8) is 0 Å². The molecule has 0 aromatic carbocycles. The molecule has 1 aliphatic rings. The van der Waals surface area contributed by atoms with Gasteiger partial charge in [-0.2, -0.15) is 0 Å². The second-order valence-electron chi connectivity index (χ2n) is 6.56. The van der Waals surface area contributed by atoms with Crippen LogP contribution in [-0.2, 0) is 0 Å². The van der Waals surface area contributed by atoms with Gasteiger partial charge in [-0.15, -0.1) is 0 Å². The first kappa shape index (κ1) is 14.1. The number of hydrogen-bond donors (Lipinski definition) is 0. The molecule has 1 rings (SSSR count). The molecule has 0 bridgehead atoms. The number of rotatable bonds is 6. The predicted molar refractivity (Wildman–Crippen MR) is 73.7 cm³/mol. The Labute approximate surface area is 103 Å². The fourth-order valence-electron chi connectivity index (χ4n) is 3.83. The largest absolute Gasteiger partial charge is 0.0654 e. The van der Waals surface area contributed by atoms with Gasteiger partial charge in [-0.1, -0.05) is 66.2 Å². The summed E-state index contributed by atoms with van der Waals surface area (Å²) in [6.45, 7) is 9.74. The van der Waals surface area contributed by atoms with E-state index in [1.807, 2.05) is 0 Å². The molecule has 0 saturated heterocycles. The van der Waals surface area contributed by atoms with Crippen LogP contribution in [0.5, 0.6) is 0 Å². The van der Waals surface area contributed by atoms with E-state index in [0.717, 1.165) is 11.8 Å². The van der Waals surface area contributed by atoms with Crippen molar-refractivity contribution in [2.24, 2.45) is 17.3 Å². The van der Waals surface area contributed by atoms with Gasteiger partial charge >= 0.3 is 0 Å². The average molecular weight is 224 g/mol. The summed E-state index contributed by atoms with van der Waals surface area (Å²) in [5, 5.41) is 0. The van der Waals surface area contributed by atoms with E-state index in [1.54, 1.807) is 0 Å². The lowest BCUT2D eigenvalue weighted by Crippen LogP contribution is -2.34. The third-order valence-electron chi connectivity index (χ3n) is 4.81. The molecule has 0 N–H and O–H groups in total. The molecule has 2 atom stereocenters. The van der Waals surface area contributed by atoms with Crippen LogP contribution in [0.15, 0.2) is 0 Å². The van der Waals surface area contributed by atoms with Crippen LogP contribution in [0.25, 0.3) is 0 Å². The van der Waals surface area contributed by atoms with Gasteiger partial charge in [0.1, 0.15) is 0 Å². The highest BCUT2D eigenvalue weighted by atomic mass is 14.4. The maximum Gasteiger partial charge on any atom is -0.0295 e. The van der Waals surface area contributed by atoms with Crippen molar-refractivity contribution in [3.05, 3.63) is 0 Å². The van der Waals surface area contributed by atoms with Crippen molar-refractivity contribution in [1.82, 2.24) is 0 Å². The highest BCUT2D eigenvalue weighted by Gasteiger charge is 2.37. The third kappa shape index (κ3) is 3.79. The monoisotopic (exact) mass is 224 g/mol. The number of hydrogen-bond acceptors (Lipinski definition) is 0. The van der Waals surface area contributed by atoms with Gasteiger partial charge in [-0.3, -0.25) is 0 Å². The van der Waals surface area contributed by atoms with Gasteiger partial charge in [0.25, 0.3) is 0 Å². The second-order valence-corrected chi connectivity index (χ2v) is 6.56. The van der Waals surface area contributed by atoms with E-state index in [-0.39, 0.29) is 0 Å². The van der Waals surface area contributed by atoms with Gasteiger partial charge in [0.2, 0.25) is 0 Å². The van der Waals surface area contributed by atoms with E-state index < -0.39 is 0 Å². The van der Waals surface area contributed by atoms with Crippen molar-refractivity contribution in [1.29, 1.82) is 0 Å². The minimum Gasteiger partial charge on any atom is -0.0654 e.